The van der Waals surface area contributed by atoms with Gasteiger partial charge in [0, 0.05) is 5.92 Å². The van der Waals surface area contributed by atoms with E-state index in [2.05, 4.69) is 45.5 Å². The number of H-pyrrole nitrogens is 1. The van der Waals surface area contributed by atoms with Crippen molar-refractivity contribution in [2.75, 3.05) is 0 Å². The minimum absolute atomic E-state index is 0. The van der Waals surface area contributed by atoms with Crippen LogP contribution in [0.15, 0.2) is 114 Å². The Morgan fingerprint density at radius 2 is 1.12 bits per heavy atom. The summed E-state index contributed by atoms with van der Waals surface area (Å²) in [4.78, 5) is 47.8. The molecule has 0 aliphatic carbocycles. The third-order valence-corrected chi connectivity index (χ3v) is 7.52. The van der Waals surface area contributed by atoms with Crippen molar-refractivity contribution in [1.29, 1.82) is 0 Å². The van der Waals surface area contributed by atoms with E-state index in [-0.39, 0.29) is 51.8 Å². The van der Waals surface area contributed by atoms with Crippen LogP contribution in [0.4, 0.5) is 17.6 Å². The molecule has 3 aromatic carbocycles. The van der Waals surface area contributed by atoms with Crippen molar-refractivity contribution in [2.24, 2.45) is 4.78 Å². The van der Waals surface area contributed by atoms with E-state index >= 15 is 0 Å². The zero-order valence-corrected chi connectivity index (χ0v) is 35.9. The molecular weight excluding hydrogens is 905 g/mol. The number of esters is 3. The zero-order valence-electron chi connectivity index (χ0n) is 34.9. The van der Waals surface area contributed by atoms with Crippen LogP contribution < -0.4 is 0 Å². The second kappa shape index (κ2) is 32.4. The molecule has 67 heavy (non-hydrogen) atoms. The molecule has 0 radical (unpaired) electrons. The molecule has 0 unspecified atom stereocenters. The third kappa shape index (κ3) is 26.9. The number of aromatic carboxylic acids is 1. The monoisotopic (exact) mass is 954 g/mol. The van der Waals surface area contributed by atoms with Gasteiger partial charge in [-0.1, -0.05) is 125 Å². The topological polar surface area (TPSA) is 268 Å². The number of halogens is 4. The number of carboxylic acid groups (broad SMARTS) is 1. The lowest BCUT2D eigenvalue weighted by atomic mass is 10.2. The maximum absolute atomic E-state index is 12.1. The second-order valence-corrected chi connectivity index (χ2v) is 17.7. The first-order valence-electron chi connectivity index (χ1n) is 18.6. The zero-order chi connectivity index (χ0) is 48.0. The van der Waals surface area contributed by atoms with Gasteiger partial charge in [0.15, 0.2) is 17.1 Å². The number of carbonyl (C=O) groups is 4. The highest BCUT2D eigenvalue weighted by Gasteiger charge is 2.15. The molecule has 0 bridgehead atoms. The summed E-state index contributed by atoms with van der Waals surface area (Å²) in [7, 11) is -1.45. The standard InChI is InChI=1S/C12H11F2N3O2.C10H9N3O2.C10H8O2.C5H5F2N3O2.C3H9N3Si.2CH4/c13-11(14)7-17-15-6-10(16-17)12(18)19-8-9-4-2-1-3-5-9;14-10(9-6-11-13-12-9)15-7-8-4-2-1-3-5-8;1-2-10(11)12-8-9-6-4-3-5-7-9;6-4(7)2-10-8-1-3(9-10)5(11)12;1-7(2,3)6-5-4;;/h1-6,11H,7-8H2;1-6H,7H2,(H,11,12,13);1,3-7H,8H2;1,4H,2H2,(H,11,12);1-3H3;2*1H4. The van der Waals surface area contributed by atoms with Gasteiger partial charge >= 0.3 is 23.9 Å². The van der Waals surface area contributed by atoms with Gasteiger partial charge in [0.25, 0.3) is 12.9 Å². The summed E-state index contributed by atoms with van der Waals surface area (Å²) >= 11 is 0. The van der Waals surface area contributed by atoms with Crippen molar-refractivity contribution in [2.45, 2.75) is 80.3 Å². The molecule has 0 saturated heterocycles. The minimum atomic E-state index is -2.58. The number of benzene rings is 3. The predicted molar refractivity (Wildman–Crippen MR) is 238 cm³/mol. The van der Waals surface area contributed by atoms with E-state index in [1.165, 1.54) is 6.20 Å². The number of aromatic nitrogens is 9. The number of carboxylic acids is 1. The summed E-state index contributed by atoms with van der Waals surface area (Å²) in [6.07, 6.45) is 3.01. The van der Waals surface area contributed by atoms with Gasteiger partial charge < -0.3 is 19.3 Å². The van der Waals surface area contributed by atoms with Crippen molar-refractivity contribution in [3.8, 4) is 12.3 Å². The number of ether oxygens (including phenoxy) is 3. The van der Waals surface area contributed by atoms with Crippen LogP contribution in [0.25, 0.3) is 10.4 Å². The quantitative estimate of drug-likeness (QED) is 0.0120. The molecule has 0 aliphatic rings. The van der Waals surface area contributed by atoms with Crippen LogP contribution in [0.5, 0.6) is 0 Å². The molecule has 6 aromatic rings. The van der Waals surface area contributed by atoms with Gasteiger partial charge in [0.05, 0.1) is 18.6 Å². The Morgan fingerprint density at radius 1 is 0.716 bits per heavy atom. The number of azide groups is 1. The fourth-order valence-electron chi connectivity index (χ4n) is 4.00. The Hall–Kier alpha value is -8.23. The molecule has 3 aromatic heterocycles. The highest BCUT2D eigenvalue weighted by atomic mass is 28.3. The molecule has 0 aliphatic heterocycles. The van der Waals surface area contributed by atoms with Gasteiger partial charge in [0.2, 0.25) is 0 Å². The van der Waals surface area contributed by atoms with Crippen molar-refractivity contribution < 1.29 is 56.1 Å². The summed E-state index contributed by atoms with van der Waals surface area (Å²) in [6.45, 7) is 5.23. The van der Waals surface area contributed by atoms with E-state index in [4.69, 9.17) is 31.3 Å². The van der Waals surface area contributed by atoms with Gasteiger partial charge in [-0.15, -0.1) is 26.5 Å². The fourth-order valence-corrected chi connectivity index (χ4v) is 4.27. The van der Waals surface area contributed by atoms with Gasteiger partial charge in [-0.05, 0) is 27.1 Å². The second-order valence-electron chi connectivity index (χ2n) is 13.2. The van der Waals surface area contributed by atoms with Crippen LogP contribution in [0.1, 0.15) is 63.0 Å². The smallest absolute Gasteiger partial charge is 0.384 e. The molecule has 3 heterocycles. The number of nitrogens with one attached hydrogen (secondary N) is 1. The first kappa shape index (κ1) is 58.8. The van der Waals surface area contributed by atoms with Crippen LogP contribution in [0.2, 0.25) is 19.6 Å². The van der Waals surface area contributed by atoms with Crippen LogP contribution >= 0.6 is 0 Å². The predicted octanol–water partition coefficient (Wildman–Crippen LogP) is 8.07. The number of nitrogens with zero attached hydrogens (tertiary/aromatic N) is 11. The summed E-state index contributed by atoms with van der Waals surface area (Å²) in [5.74, 6) is -1.20. The molecule has 25 heteroatoms. The van der Waals surface area contributed by atoms with E-state index in [9.17, 15) is 36.7 Å². The van der Waals surface area contributed by atoms with Crippen LogP contribution in [0, 0.1) is 12.3 Å². The van der Waals surface area contributed by atoms with E-state index in [0.29, 0.717) is 4.80 Å². The number of terminal acetylenes is 1. The number of aromatic amines is 1. The highest BCUT2D eigenvalue weighted by Crippen LogP contribution is 2.06. The SMILES string of the molecule is C.C.C#CC(=O)OCc1ccccc1.C[Si](C)(C)N=[N+]=[N-].O=C(O)c1cnn(CC(F)F)n1.O=C(OCc1ccccc1)c1cn[nH]n1.O=C(OCc1ccccc1)c1cnn(CC(F)F)n1. The number of hydrogen-bond donors (Lipinski definition) is 2. The number of rotatable bonds is 14. The molecule has 6 rings (SSSR count). The normalized spacial score (nSPS) is 9.73. The van der Waals surface area contributed by atoms with E-state index in [1.807, 2.05) is 104 Å². The lowest BCUT2D eigenvalue weighted by Gasteiger charge is -2.02. The Morgan fingerprint density at radius 3 is 1.45 bits per heavy atom. The summed E-state index contributed by atoms with van der Waals surface area (Å²) < 4.78 is 65.8. The highest BCUT2D eigenvalue weighted by molar-refractivity contribution is 6.74. The van der Waals surface area contributed by atoms with Crippen LogP contribution in [-0.4, -0.2) is 95.5 Å². The largest absolute Gasteiger partial charge is 0.476 e. The average Bonchev–Trinajstić information content (AvgIpc) is 4.09. The Bertz CT molecular complexity index is 2410. The van der Waals surface area contributed by atoms with Crippen molar-refractivity contribution in [3.63, 3.8) is 0 Å². The Balaban J connectivity index is 0.000000832. The average molecular weight is 955 g/mol. The van der Waals surface area contributed by atoms with E-state index < -0.39 is 58.1 Å². The maximum Gasteiger partial charge on any atom is 0.384 e. The summed E-state index contributed by atoms with van der Waals surface area (Å²) in [5.41, 5.74) is 10.4. The summed E-state index contributed by atoms with van der Waals surface area (Å²) in [5, 5.41) is 31.6. The number of alkyl halides is 4. The molecule has 2 N–H and O–H groups in total. The Kier molecular flexibility index (Phi) is 28.4. The molecule has 0 fully saturated rings. The lowest BCUT2D eigenvalue weighted by molar-refractivity contribution is -0.137. The molecule has 20 nitrogen and oxygen atoms in total. The maximum atomic E-state index is 12.1. The Labute approximate surface area is 384 Å². The van der Waals surface area contributed by atoms with Crippen molar-refractivity contribution >= 4 is 32.1 Å². The molecule has 0 atom stereocenters. The van der Waals surface area contributed by atoms with Crippen molar-refractivity contribution in [1.82, 2.24) is 45.4 Å². The number of hydrogen-bond acceptors (Lipinski definition) is 14. The summed E-state index contributed by atoms with van der Waals surface area (Å²) in [6, 6.07) is 27.9. The van der Waals surface area contributed by atoms with Gasteiger partial charge in [-0.3, -0.25) is 0 Å². The van der Waals surface area contributed by atoms with Gasteiger partial charge in [-0.2, -0.15) is 30.1 Å². The lowest BCUT2D eigenvalue weighted by Crippen LogP contribution is -2.13. The molecule has 0 saturated carbocycles. The first-order chi connectivity index (χ1) is 31.0. The van der Waals surface area contributed by atoms with E-state index in [0.717, 1.165) is 33.9 Å². The first-order valence-corrected chi connectivity index (χ1v) is 22.1. The van der Waals surface area contributed by atoms with Crippen LogP contribution in [-0.2, 0) is 51.9 Å². The molecule has 0 amide bonds. The molecule has 0 spiro atoms. The molecule has 358 valence electrons. The van der Waals surface area contributed by atoms with Gasteiger partial charge in [-0.25, -0.2) is 36.7 Å². The van der Waals surface area contributed by atoms with E-state index in [1.54, 1.807) is 12.1 Å². The third-order valence-electron chi connectivity index (χ3n) is 6.83. The van der Waals surface area contributed by atoms with Crippen LogP contribution in [0.3, 0.4) is 0 Å². The van der Waals surface area contributed by atoms with Gasteiger partial charge in [0.1, 0.15) is 41.1 Å². The fraction of sp³-hybridized carbons (Fsp3) is 0.286. The molecular formula is C42H50F4N12O8Si. The minimum Gasteiger partial charge on any atom is -0.476 e. The van der Waals surface area contributed by atoms with Crippen molar-refractivity contribution in [3.05, 3.63) is 154 Å². The number of carbonyl (C=O) groups excluding carboxylic acids is 3.